The molecule has 2 aromatic rings. The molecule has 0 spiro atoms. The molecule has 1 aliphatic rings. The van der Waals surface area contributed by atoms with Crippen LogP contribution in [0, 0.1) is 6.92 Å². The van der Waals surface area contributed by atoms with E-state index in [1.54, 1.807) is 12.5 Å². The number of hydrogen-bond acceptors (Lipinski definition) is 5. The molecule has 0 bridgehead atoms. The fraction of sp³-hybridized carbons (Fsp3) is 0.562. The van der Waals surface area contributed by atoms with Crippen LogP contribution in [0.2, 0.25) is 0 Å². The minimum Gasteiger partial charge on any atom is -0.361 e. The van der Waals surface area contributed by atoms with Crippen LogP contribution in [-0.4, -0.2) is 62.8 Å². The Balaban J connectivity index is 1.41. The van der Waals surface area contributed by atoms with E-state index in [0.717, 1.165) is 50.7 Å². The average Bonchev–Trinajstić information content (AvgIpc) is 3.20. The number of nitrogens with one attached hydrogen (secondary N) is 1. The highest BCUT2D eigenvalue weighted by atomic mass is 16.5. The highest BCUT2D eigenvalue weighted by Crippen LogP contribution is 2.09. The smallest absolute Gasteiger partial charge is 0.317 e. The molecule has 24 heavy (non-hydrogen) atoms. The van der Waals surface area contributed by atoms with Crippen molar-refractivity contribution in [1.29, 1.82) is 0 Å². The summed E-state index contributed by atoms with van der Waals surface area (Å²) < 4.78 is 7.06. The first-order valence-corrected chi connectivity index (χ1v) is 8.26. The van der Waals surface area contributed by atoms with Gasteiger partial charge in [0.15, 0.2) is 0 Å². The second-order valence-electron chi connectivity index (χ2n) is 6.30. The van der Waals surface area contributed by atoms with E-state index in [0.29, 0.717) is 0 Å². The number of imidazole rings is 1. The van der Waals surface area contributed by atoms with Crippen LogP contribution in [0.1, 0.15) is 18.4 Å². The maximum absolute atomic E-state index is 12.3. The Kier molecular flexibility index (Phi) is 5.14. The van der Waals surface area contributed by atoms with Crippen LogP contribution in [0.15, 0.2) is 29.3 Å². The first kappa shape index (κ1) is 16.5. The number of aromatic nitrogens is 3. The predicted molar refractivity (Wildman–Crippen MR) is 88.3 cm³/mol. The van der Waals surface area contributed by atoms with Crippen LogP contribution in [-0.2, 0) is 13.1 Å². The zero-order valence-corrected chi connectivity index (χ0v) is 14.2. The molecule has 3 heterocycles. The van der Waals surface area contributed by atoms with E-state index in [9.17, 15) is 4.79 Å². The molecule has 1 unspecified atom stereocenters. The van der Waals surface area contributed by atoms with E-state index in [1.165, 1.54) is 0 Å². The van der Waals surface area contributed by atoms with E-state index in [-0.39, 0.29) is 12.1 Å². The lowest BCUT2D eigenvalue weighted by atomic mass is 10.3. The maximum atomic E-state index is 12.3. The topological polar surface area (TPSA) is 79.4 Å². The van der Waals surface area contributed by atoms with Gasteiger partial charge in [-0.15, -0.1) is 0 Å². The van der Waals surface area contributed by atoms with Gasteiger partial charge in [-0.1, -0.05) is 5.16 Å². The van der Waals surface area contributed by atoms with Gasteiger partial charge in [-0.2, -0.15) is 0 Å². The first-order valence-electron chi connectivity index (χ1n) is 8.26. The fourth-order valence-electron chi connectivity index (χ4n) is 2.89. The molecule has 8 nitrogen and oxygen atoms in total. The molecule has 1 aliphatic heterocycles. The summed E-state index contributed by atoms with van der Waals surface area (Å²) in [7, 11) is 0. The van der Waals surface area contributed by atoms with Crippen LogP contribution >= 0.6 is 0 Å². The number of aryl methyl sites for hydroxylation is 1. The van der Waals surface area contributed by atoms with Crippen molar-refractivity contribution < 1.29 is 9.32 Å². The Morgan fingerprint density at radius 3 is 2.79 bits per heavy atom. The molecule has 0 aliphatic carbocycles. The molecule has 0 aromatic carbocycles. The molecule has 3 rings (SSSR count). The average molecular weight is 332 g/mol. The molecule has 1 N–H and O–H groups in total. The lowest BCUT2D eigenvalue weighted by molar-refractivity contribution is 0.131. The van der Waals surface area contributed by atoms with Crippen LogP contribution in [0.25, 0.3) is 0 Å². The summed E-state index contributed by atoms with van der Waals surface area (Å²) in [6.45, 7) is 8.51. The Hall–Kier alpha value is -2.35. The van der Waals surface area contributed by atoms with Gasteiger partial charge < -0.3 is 19.3 Å². The molecule has 1 fully saturated rings. The van der Waals surface area contributed by atoms with Crippen LogP contribution < -0.4 is 5.32 Å². The minimum atomic E-state index is -0.000420. The predicted octanol–water partition coefficient (Wildman–Crippen LogP) is 1.10. The number of carbonyl (C=O) groups excluding carboxylic acids is 1. The SMILES string of the molecule is Cc1cc(CN2CCN(C(=O)NC(C)Cn3ccnc3)CC2)no1. The van der Waals surface area contributed by atoms with Crippen molar-refractivity contribution in [2.75, 3.05) is 26.2 Å². The summed E-state index contributed by atoms with van der Waals surface area (Å²) in [6.07, 6.45) is 5.39. The number of piperazine rings is 1. The van der Waals surface area contributed by atoms with Gasteiger partial charge in [0.1, 0.15) is 5.76 Å². The van der Waals surface area contributed by atoms with Crippen molar-refractivity contribution in [3.8, 4) is 0 Å². The van der Waals surface area contributed by atoms with E-state index in [2.05, 4.69) is 20.4 Å². The molecular formula is C16H24N6O2. The molecule has 1 atom stereocenters. The number of hydrogen-bond donors (Lipinski definition) is 1. The van der Waals surface area contributed by atoms with Gasteiger partial charge in [-0.25, -0.2) is 9.78 Å². The maximum Gasteiger partial charge on any atom is 0.317 e. The molecular weight excluding hydrogens is 308 g/mol. The van der Waals surface area contributed by atoms with E-state index in [1.807, 2.05) is 35.6 Å². The molecule has 8 heteroatoms. The van der Waals surface area contributed by atoms with Crippen molar-refractivity contribution in [2.24, 2.45) is 0 Å². The van der Waals surface area contributed by atoms with Gasteiger partial charge in [-0.05, 0) is 13.8 Å². The van der Waals surface area contributed by atoms with E-state index in [4.69, 9.17) is 4.52 Å². The zero-order chi connectivity index (χ0) is 16.9. The quantitative estimate of drug-likeness (QED) is 0.887. The lowest BCUT2D eigenvalue weighted by Crippen LogP contribution is -2.53. The number of rotatable bonds is 5. The summed E-state index contributed by atoms with van der Waals surface area (Å²) >= 11 is 0. The van der Waals surface area contributed by atoms with Crippen LogP contribution in [0.5, 0.6) is 0 Å². The Morgan fingerprint density at radius 1 is 1.38 bits per heavy atom. The third-order valence-corrected chi connectivity index (χ3v) is 4.14. The first-order chi connectivity index (χ1) is 11.6. The zero-order valence-electron chi connectivity index (χ0n) is 14.2. The summed E-state index contributed by atoms with van der Waals surface area (Å²) in [5, 5.41) is 7.07. The molecule has 130 valence electrons. The van der Waals surface area contributed by atoms with Crippen molar-refractivity contribution in [3.05, 3.63) is 36.2 Å². The van der Waals surface area contributed by atoms with Crippen molar-refractivity contribution in [1.82, 2.24) is 29.8 Å². The van der Waals surface area contributed by atoms with Gasteiger partial charge in [0, 0.05) is 63.8 Å². The molecule has 1 saturated heterocycles. The third kappa shape index (κ3) is 4.35. The number of urea groups is 1. The monoisotopic (exact) mass is 332 g/mol. The Morgan fingerprint density at radius 2 is 2.17 bits per heavy atom. The van der Waals surface area contributed by atoms with Gasteiger partial charge in [0.05, 0.1) is 12.0 Å². The fourth-order valence-corrected chi connectivity index (χ4v) is 2.89. The number of nitrogens with zero attached hydrogens (tertiary/aromatic N) is 5. The van der Waals surface area contributed by atoms with Crippen LogP contribution in [0.4, 0.5) is 4.79 Å². The normalized spacial score (nSPS) is 17.0. The van der Waals surface area contributed by atoms with Crippen molar-refractivity contribution in [3.63, 3.8) is 0 Å². The van der Waals surface area contributed by atoms with Gasteiger partial charge in [0.25, 0.3) is 0 Å². The Bertz CT molecular complexity index is 645. The van der Waals surface area contributed by atoms with Crippen molar-refractivity contribution in [2.45, 2.75) is 33.0 Å². The Labute approximate surface area is 141 Å². The van der Waals surface area contributed by atoms with Crippen molar-refractivity contribution >= 4 is 6.03 Å². The van der Waals surface area contributed by atoms with Crippen LogP contribution in [0.3, 0.4) is 0 Å². The number of carbonyl (C=O) groups is 1. The third-order valence-electron chi connectivity index (χ3n) is 4.14. The highest BCUT2D eigenvalue weighted by Gasteiger charge is 2.22. The molecule has 2 amide bonds. The highest BCUT2D eigenvalue weighted by molar-refractivity contribution is 5.74. The summed E-state index contributed by atoms with van der Waals surface area (Å²) in [5.41, 5.74) is 0.944. The number of amides is 2. The summed E-state index contributed by atoms with van der Waals surface area (Å²) in [4.78, 5) is 20.5. The van der Waals surface area contributed by atoms with Gasteiger partial charge in [0.2, 0.25) is 0 Å². The second kappa shape index (κ2) is 7.48. The molecule has 0 radical (unpaired) electrons. The standard InChI is InChI=1S/C16H24N6O2/c1-13(10-21-4-3-17-12-21)18-16(23)22-7-5-20(6-8-22)11-15-9-14(2)24-19-15/h3-4,9,12-13H,5-8,10-11H2,1-2H3,(H,18,23). The molecule has 2 aromatic heterocycles. The van der Waals surface area contributed by atoms with Gasteiger partial charge in [-0.3, -0.25) is 4.90 Å². The summed E-state index contributed by atoms with van der Waals surface area (Å²) in [6, 6.07) is 2.01. The summed E-state index contributed by atoms with van der Waals surface area (Å²) in [5.74, 6) is 0.829. The van der Waals surface area contributed by atoms with E-state index < -0.39 is 0 Å². The van der Waals surface area contributed by atoms with E-state index >= 15 is 0 Å². The minimum absolute atomic E-state index is 0.000420. The largest absolute Gasteiger partial charge is 0.361 e. The van der Waals surface area contributed by atoms with Gasteiger partial charge >= 0.3 is 6.03 Å². The second-order valence-corrected chi connectivity index (χ2v) is 6.30. The lowest BCUT2D eigenvalue weighted by Gasteiger charge is -2.34. The molecule has 0 saturated carbocycles.